The Kier molecular flexibility index (Phi) is 5.81. The number of amides is 1. The quantitative estimate of drug-likeness (QED) is 0.506. The number of aryl methyl sites for hydroxylation is 1. The lowest BCUT2D eigenvalue weighted by Crippen LogP contribution is -2.26. The molecule has 0 atom stereocenters. The van der Waals surface area contributed by atoms with E-state index in [0.717, 1.165) is 23.0 Å². The van der Waals surface area contributed by atoms with Gasteiger partial charge in [-0.2, -0.15) is 0 Å². The number of fused-ring (bicyclic) bond motifs is 1. The Balaban J connectivity index is 1.92. The number of aromatic amines is 1. The Bertz CT molecular complexity index is 877. The van der Waals surface area contributed by atoms with Crippen LogP contribution in [0.4, 0.5) is 0 Å². The number of rotatable bonds is 7. The second-order valence-corrected chi connectivity index (χ2v) is 6.17. The van der Waals surface area contributed by atoms with E-state index in [1.54, 1.807) is 7.11 Å². The van der Waals surface area contributed by atoms with Gasteiger partial charge in [0.15, 0.2) is 0 Å². The molecule has 1 heterocycles. The lowest BCUT2D eigenvalue weighted by atomic mass is 10.1. The van der Waals surface area contributed by atoms with Crippen molar-refractivity contribution in [1.29, 1.82) is 0 Å². The Morgan fingerprint density at radius 3 is 2.69 bits per heavy atom. The van der Waals surface area contributed by atoms with Crippen molar-refractivity contribution in [3.63, 3.8) is 0 Å². The molecule has 0 aliphatic carbocycles. The summed E-state index contributed by atoms with van der Waals surface area (Å²) >= 11 is 0. The highest BCUT2D eigenvalue weighted by Crippen LogP contribution is 2.20. The molecular formula is C21H23N3O2. The monoisotopic (exact) mass is 349 g/mol. The third kappa shape index (κ3) is 4.37. The third-order valence-corrected chi connectivity index (χ3v) is 4.09. The number of imidazole rings is 1. The zero-order chi connectivity index (χ0) is 18.4. The number of nitrogens with zero attached hydrogens (tertiary/aromatic N) is 1. The van der Waals surface area contributed by atoms with Gasteiger partial charge in [0.1, 0.15) is 5.82 Å². The Labute approximate surface area is 153 Å². The normalized spacial score (nSPS) is 11.7. The van der Waals surface area contributed by atoms with E-state index >= 15 is 0 Å². The van der Waals surface area contributed by atoms with Crippen molar-refractivity contribution >= 4 is 28.6 Å². The first-order chi connectivity index (χ1) is 12.7. The maximum Gasteiger partial charge on any atom is 0.255 e. The average Bonchev–Trinajstić information content (AvgIpc) is 3.08. The fourth-order valence-electron chi connectivity index (χ4n) is 2.66. The number of nitrogens with one attached hydrogen (secondary N) is 2. The van der Waals surface area contributed by atoms with Crippen LogP contribution in [0.3, 0.4) is 0 Å². The van der Waals surface area contributed by atoms with Crippen LogP contribution in [0.25, 0.3) is 22.7 Å². The molecule has 0 unspecified atom stereocenters. The van der Waals surface area contributed by atoms with Gasteiger partial charge in [-0.25, -0.2) is 4.98 Å². The van der Waals surface area contributed by atoms with Crippen LogP contribution in [0.15, 0.2) is 48.5 Å². The van der Waals surface area contributed by atoms with E-state index in [-0.39, 0.29) is 5.91 Å². The van der Waals surface area contributed by atoms with Crippen molar-refractivity contribution < 1.29 is 9.53 Å². The highest BCUT2D eigenvalue weighted by Gasteiger charge is 2.16. The maximum absolute atomic E-state index is 12.8. The number of ether oxygens (including phenoxy) is 1. The predicted molar refractivity (Wildman–Crippen MR) is 105 cm³/mol. The molecule has 0 saturated heterocycles. The number of methoxy groups -OCH3 is 1. The number of para-hydroxylation sites is 2. The molecule has 0 aliphatic rings. The largest absolute Gasteiger partial charge is 0.385 e. The minimum absolute atomic E-state index is 0.152. The number of aromatic nitrogens is 2. The van der Waals surface area contributed by atoms with E-state index in [1.165, 1.54) is 5.56 Å². The second-order valence-electron chi connectivity index (χ2n) is 6.17. The molecule has 1 aromatic heterocycles. The van der Waals surface area contributed by atoms with Crippen LogP contribution in [0.5, 0.6) is 0 Å². The van der Waals surface area contributed by atoms with E-state index in [1.807, 2.05) is 61.5 Å². The van der Waals surface area contributed by atoms with Gasteiger partial charge in [0.2, 0.25) is 0 Å². The number of H-pyrrole nitrogens is 1. The molecule has 3 aromatic rings. The third-order valence-electron chi connectivity index (χ3n) is 4.09. The van der Waals surface area contributed by atoms with Gasteiger partial charge >= 0.3 is 0 Å². The molecule has 0 saturated carbocycles. The van der Waals surface area contributed by atoms with Crippen molar-refractivity contribution in [2.45, 2.75) is 13.3 Å². The lowest BCUT2D eigenvalue weighted by molar-refractivity contribution is -0.115. The van der Waals surface area contributed by atoms with Gasteiger partial charge in [0.05, 0.1) is 16.6 Å². The highest BCUT2D eigenvalue weighted by molar-refractivity contribution is 6.23. The van der Waals surface area contributed by atoms with E-state index < -0.39 is 0 Å². The number of hydrogen-bond acceptors (Lipinski definition) is 3. The Morgan fingerprint density at radius 2 is 1.96 bits per heavy atom. The number of hydrogen-bond donors (Lipinski definition) is 2. The summed E-state index contributed by atoms with van der Waals surface area (Å²) in [5.74, 6) is 0.414. The van der Waals surface area contributed by atoms with Gasteiger partial charge in [-0.1, -0.05) is 42.0 Å². The molecule has 0 aliphatic heterocycles. The number of carbonyl (C=O) groups is 1. The summed E-state index contributed by atoms with van der Waals surface area (Å²) in [5.41, 5.74) is 4.39. The summed E-state index contributed by atoms with van der Waals surface area (Å²) in [6, 6.07) is 15.8. The molecule has 0 bridgehead atoms. The van der Waals surface area contributed by atoms with Gasteiger partial charge in [-0.05, 0) is 37.1 Å². The van der Waals surface area contributed by atoms with Gasteiger partial charge in [-0.3, -0.25) is 4.79 Å². The first-order valence-electron chi connectivity index (χ1n) is 8.68. The standard InChI is InChI=1S/C21H23N3O2/c1-15-8-10-16(11-9-15)14-17(21(25)22-12-5-13-26-2)20-23-18-6-3-4-7-19(18)24-20/h3-4,6-11,14H,5,12-13H2,1-2H3,(H,22,25)(H,23,24)/b17-14+. The molecule has 5 heteroatoms. The van der Waals surface area contributed by atoms with Crippen LogP contribution in [0.2, 0.25) is 0 Å². The van der Waals surface area contributed by atoms with Gasteiger partial charge in [-0.15, -0.1) is 0 Å². The minimum atomic E-state index is -0.152. The zero-order valence-electron chi connectivity index (χ0n) is 15.1. The van der Waals surface area contributed by atoms with E-state index in [2.05, 4.69) is 15.3 Å². The molecule has 2 N–H and O–H groups in total. The van der Waals surface area contributed by atoms with Gasteiger partial charge < -0.3 is 15.0 Å². The summed E-state index contributed by atoms with van der Waals surface area (Å²) < 4.78 is 5.03. The van der Waals surface area contributed by atoms with Gasteiger partial charge in [0, 0.05) is 20.3 Å². The summed E-state index contributed by atoms with van der Waals surface area (Å²) in [6.45, 7) is 3.20. The number of benzene rings is 2. The molecule has 134 valence electrons. The van der Waals surface area contributed by atoms with Crippen molar-refractivity contribution in [3.05, 3.63) is 65.5 Å². The van der Waals surface area contributed by atoms with Crippen LogP contribution in [0.1, 0.15) is 23.4 Å². The van der Waals surface area contributed by atoms with Crippen molar-refractivity contribution in [1.82, 2.24) is 15.3 Å². The summed E-state index contributed by atoms with van der Waals surface area (Å²) in [6.07, 6.45) is 2.63. The molecule has 0 radical (unpaired) electrons. The molecular weight excluding hydrogens is 326 g/mol. The Morgan fingerprint density at radius 1 is 1.19 bits per heavy atom. The topological polar surface area (TPSA) is 67.0 Å². The van der Waals surface area contributed by atoms with Crippen molar-refractivity contribution in [3.8, 4) is 0 Å². The summed E-state index contributed by atoms with van der Waals surface area (Å²) in [4.78, 5) is 20.6. The van der Waals surface area contributed by atoms with Crippen LogP contribution < -0.4 is 5.32 Å². The van der Waals surface area contributed by atoms with Gasteiger partial charge in [0.25, 0.3) is 5.91 Å². The van der Waals surface area contributed by atoms with Crippen LogP contribution in [-0.4, -0.2) is 36.1 Å². The molecule has 0 fully saturated rings. The van der Waals surface area contributed by atoms with E-state index in [0.29, 0.717) is 24.5 Å². The fraction of sp³-hybridized carbons (Fsp3) is 0.238. The molecule has 2 aromatic carbocycles. The fourth-order valence-corrected chi connectivity index (χ4v) is 2.66. The van der Waals surface area contributed by atoms with Crippen LogP contribution in [-0.2, 0) is 9.53 Å². The van der Waals surface area contributed by atoms with Crippen LogP contribution >= 0.6 is 0 Å². The first-order valence-corrected chi connectivity index (χ1v) is 8.68. The highest BCUT2D eigenvalue weighted by atomic mass is 16.5. The smallest absolute Gasteiger partial charge is 0.255 e. The first kappa shape index (κ1) is 17.9. The molecule has 1 amide bonds. The van der Waals surface area contributed by atoms with E-state index in [9.17, 15) is 4.79 Å². The lowest BCUT2D eigenvalue weighted by Gasteiger charge is -2.07. The summed E-state index contributed by atoms with van der Waals surface area (Å²) in [7, 11) is 1.65. The summed E-state index contributed by atoms with van der Waals surface area (Å²) in [5, 5.41) is 2.94. The zero-order valence-corrected chi connectivity index (χ0v) is 15.1. The second kappa shape index (κ2) is 8.45. The van der Waals surface area contributed by atoms with E-state index in [4.69, 9.17) is 4.74 Å². The van der Waals surface area contributed by atoms with Crippen molar-refractivity contribution in [2.24, 2.45) is 0 Å². The van der Waals surface area contributed by atoms with Crippen LogP contribution in [0, 0.1) is 6.92 Å². The maximum atomic E-state index is 12.8. The molecule has 26 heavy (non-hydrogen) atoms. The molecule has 5 nitrogen and oxygen atoms in total. The number of carbonyl (C=O) groups excluding carboxylic acids is 1. The SMILES string of the molecule is COCCCNC(=O)/C(=C/c1ccc(C)cc1)c1nc2ccccc2[nH]1. The van der Waals surface area contributed by atoms with Crippen molar-refractivity contribution in [2.75, 3.05) is 20.3 Å². The minimum Gasteiger partial charge on any atom is -0.385 e. The molecule has 3 rings (SSSR count). The predicted octanol–water partition coefficient (Wildman–Crippen LogP) is 3.56. The molecule has 0 spiro atoms. The Hall–Kier alpha value is -2.92. The average molecular weight is 349 g/mol.